The van der Waals surface area contributed by atoms with E-state index in [4.69, 9.17) is 18.7 Å². The molecule has 1 aromatic carbocycles. The first-order valence-electron chi connectivity index (χ1n) is 11.6. The SMILES string of the molecule is CC(OC1CC2COCC(C1)N2C(=O)OC1(C)CC1)c1nc(-c2ccc(S(C)(=O)=O)c(F)c2)no1. The molecule has 190 valence electrons. The van der Waals surface area contributed by atoms with Crippen LogP contribution in [0, 0.1) is 5.82 Å². The van der Waals surface area contributed by atoms with E-state index in [2.05, 4.69) is 10.1 Å². The zero-order valence-corrected chi connectivity index (χ0v) is 20.6. The molecule has 1 amide bonds. The number of fused-ring (bicyclic) bond motifs is 2. The van der Waals surface area contributed by atoms with Gasteiger partial charge in [0.1, 0.15) is 22.4 Å². The van der Waals surface area contributed by atoms with Crippen molar-refractivity contribution >= 4 is 15.9 Å². The van der Waals surface area contributed by atoms with Crippen LogP contribution in [0.5, 0.6) is 0 Å². The van der Waals surface area contributed by atoms with Crippen LogP contribution in [-0.2, 0) is 24.0 Å². The van der Waals surface area contributed by atoms with Gasteiger partial charge in [-0.3, -0.25) is 4.90 Å². The first-order valence-corrected chi connectivity index (χ1v) is 13.5. The second kappa shape index (κ2) is 8.82. The topological polar surface area (TPSA) is 121 Å². The summed E-state index contributed by atoms with van der Waals surface area (Å²) in [5, 5.41) is 3.89. The molecule has 12 heteroatoms. The van der Waals surface area contributed by atoms with Crippen LogP contribution in [0.15, 0.2) is 27.6 Å². The van der Waals surface area contributed by atoms with Crippen molar-refractivity contribution in [3.8, 4) is 11.4 Å². The molecule has 3 heterocycles. The highest BCUT2D eigenvalue weighted by Crippen LogP contribution is 2.41. The van der Waals surface area contributed by atoms with E-state index in [1.54, 1.807) is 11.8 Å². The van der Waals surface area contributed by atoms with Crippen LogP contribution >= 0.6 is 0 Å². The molecule has 3 atom stereocenters. The third-order valence-electron chi connectivity index (χ3n) is 6.75. The molecule has 35 heavy (non-hydrogen) atoms. The third-order valence-corrected chi connectivity index (χ3v) is 7.88. The first kappa shape index (κ1) is 24.1. The molecule has 10 nitrogen and oxygen atoms in total. The fourth-order valence-corrected chi connectivity index (χ4v) is 5.35. The maximum atomic E-state index is 14.3. The summed E-state index contributed by atoms with van der Waals surface area (Å²) in [5.74, 6) is -0.529. The molecule has 1 aliphatic carbocycles. The molecular weight excluding hydrogens is 481 g/mol. The van der Waals surface area contributed by atoms with Gasteiger partial charge in [-0.2, -0.15) is 4.98 Å². The van der Waals surface area contributed by atoms with Gasteiger partial charge in [-0.25, -0.2) is 17.6 Å². The minimum atomic E-state index is -3.68. The number of piperidine rings is 1. The van der Waals surface area contributed by atoms with Crippen molar-refractivity contribution in [1.82, 2.24) is 15.0 Å². The fourth-order valence-electron chi connectivity index (χ4n) is 4.62. The van der Waals surface area contributed by atoms with Gasteiger partial charge in [0, 0.05) is 11.8 Å². The van der Waals surface area contributed by atoms with Crippen molar-refractivity contribution in [1.29, 1.82) is 0 Å². The highest BCUT2D eigenvalue weighted by Gasteiger charge is 2.48. The van der Waals surface area contributed by atoms with Crippen LogP contribution in [0.2, 0.25) is 0 Å². The van der Waals surface area contributed by atoms with Crippen LogP contribution in [0.1, 0.15) is 51.5 Å². The Labute approximate surface area is 202 Å². The standard InChI is InChI=1S/C23H28FN3O7S/c1-13(21-25-20(26-34-21)14-4-5-19(18(24)8-14)35(3,29)30)32-17-9-15-11-31-12-16(10-17)27(15)22(28)33-23(2)6-7-23/h4-5,8,13,15-17H,6-7,9-12H2,1-3H3. The highest BCUT2D eigenvalue weighted by atomic mass is 32.2. The third kappa shape index (κ3) is 5.05. The molecule has 2 bridgehead atoms. The minimum Gasteiger partial charge on any atom is -0.443 e. The van der Waals surface area contributed by atoms with E-state index in [1.165, 1.54) is 12.1 Å². The second-order valence-electron chi connectivity index (χ2n) is 9.82. The number of ether oxygens (including phenoxy) is 3. The Hall–Kier alpha value is -2.57. The Balaban J connectivity index is 1.24. The van der Waals surface area contributed by atoms with Gasteiger partial charge >= 0.3 is 6.09 Å². The number of halogens is 1. The number of rotatable bonds is 6. The van der Waals surface area contributed by atoms with Crippen molar-refractivity contribution in [3.63, 3.8) is 0 Å². The molecular formula is C23H28FN3O7S. The fraction of sp³-hybridized carbons (Fsp3) is 0.609. The van der Waals surface area contributed by atoms with Crippen LogP contribution in [0.25, 0.3) is 11.4 Å². The van der Waals surface area contributed by atoms with Gasteiger partial charge in [-0.15, -0.1) is 0 Å². The zero-order chi connectivity index (χ0) is 25.0. The Morgan fingerprint density at radius 3 is 2.54 bits per heavy atom. The molecule has 3 aliphatic rings. The van der Waals surface area contributed by atoms with Gasteiger partial charge in [-0.1, -0.05) is 5.16 Å². The van der Waals surface area contributed by atoms with E-state index in [0.29, 0.717) is 31.6 Å². The van der Waals surface area contributed by atoms with Gasteiger partial charge in [-0.05, 0) is 57.7 Å². The molecule has 0 radical (unpaired) electrons. The molecule has 1 saturated carbocycles. The quantitative estimate of drug-likeness (QED) is 0.577. The number of carbonyl (C=O) groups is 1. The Morgan fingerprint density at radius 2 is 1.94 bits per heavy atom. The summed E-state index contributed by atoms with van der Waals surface area (Å²) >= 11 is 0. The maximum Gasteiger partial charge on any atom is 0.410 e. The number of hydrogen-bond donors (Lipinski definition) is 0. The van der Waals surface area contributed by atoms with Crippen LogP contribution in [-0.4, -0.2) is 72.8 Å². The monoisotopic (exact) mass is 509 g/mol. The van der Waals surface area contributed by atoms with Gasteiger partial charge in [0.2, 0.25) is 5.82 Å². The Kier molecular flexibility index (Phi) is 6.09. The van der Waals surface area contributed by atoms with Gasteiger partial charge in [0.05, 0.1) is 31.4 Å². The number of amides is 1. The Morgan fingerprint density at radius 1 is 1.26 bits per heavy atom. The lowest BCUT2D eigenvalue weighted by Crippen LogP contribution is -2.60. The molecule has 0 N–H and O–H groups in total. The number of aromatic nitrogens is 2. The normalized spacial score (nSPS) is 26.3. The predicted molar refractivity (Wildman–Crippen MR) is 120 cm³/mol. The molecule has 3 unspecified atom stereocenters. The van der Waals surface area contributed by atoms with Gasteiger partial charge in [0.25, 0.3) is 5.89 Å². The lowest BCUT2D eigenvalue weighted by atomic mass is 9.92. The molecule has 2 aliphatic heterocycles. The summed E-state index contributed by atoms with van der Waals surface area (Å²) in [6, 6.07) is 3.40. The molecule has 0 spiro atoms. The Bertz CT molecular complexity index is 1220. The zero-order valence-electron chi connectivity index (χ0n) is 19.8. The largest absolute Gasteiger partial charge is 0.443 e. The van der Waals surface area contributed by atoms with E-state index in [0.717, 1.165) is 25.2 Å². The van der Waals surface area contributed by atoms with Crippen LogP contribution < -0.4 is 0 Å². The van der Waals surface area contributed by atoms with Gasteiger partial charge < -0.3 is 18.7 Å². The molecule has 1 aromatic heterocycles. The van der Waals surface area contributed by atoms with E-state index in [9.17, 15) is 17.6 Å². The minimum absolute atomic E-state index is 0.130. The van der Waals surface area contributed by atoms with Crippen LogP contribution in [0.3, 0.4) is 0 Å². The lowest BCUT2D eigenvalue weighted by molar-refractivity contribution is -0.129. The first-order chi connectivity index (χ1) is 16.5. The number of sulfone groups is 1. The molecule has 2 aromatic rings. The highest BCUT2D eigenvalue weighted by molar-refractivity contribution is 7.90. The molecule has 2 saturated heterocycles. The lowest BCUT2D eigenvalue weighted by Gasteiger charge is -2.47. The number of carbonyl (C=O) groups excluding carboxylic acids is 1. The van der Waals surface area contributed by atoms with Crippen molar-refractivity contribution < 1.29 is 36.3 Å². The second-order valence-corrected chi connectivity index (χ2v) is 11.8. The van der Waals surface area contributed by atoms with E-state index in [1.807, 2.05) is 6.92 Å². The summed E-state index contributed by atoms with van der Waals surface area (Å²) in [6.45, 7) is 4.58. The van der Waals surface area contributed by atoms with Crippen molar-refractivity contribution in [2.45, 2.75) is 74.3 Å². The van der Waals surface area contributed by atoms with E-state index < -0.39 is 26.7 Å². The van der Waals surface area contributed by atoms with E-state index in [-0.39, 0.29) is 41.6 Å². The smallest absolute Gasteiger partial charge is 0.410 e. The predicted octanol–water partition coefficient (Wildman–Crippen LogP) is 3.28. The number of benzene rings is 1. The summed E-state index contributed by atoms with van der Waals surface area (Å²) < 4.78 is 60.4. The summed E-state index contributed by atoms with van der Waals surface area (Å²) in [5.41, 5.74) is -0.0439. The summed E-state index contributed by atoms with van der Waals surface area (Å²) in [7, 11) is -3.68. The van der Waals surface area contributed by atoms with Crippen molar-refractivity contribution in [2.75, 3.05) is 19.5 Å². The summed E-state index contributed by atoms with van der Waals surface area (Å²) in [6.07, 6.45) is 2.93. The number of hydrogen-bond acceptors (Lipinski definition) is 9. The van der Waals surface area contributed by atoms with Crippen molar-refractivity contribution in [2.24, 2.45) is 0 Å². The summed E-state index contributed by atoms with van der Waals surface area (Å²) in [4.78, 5) is 18.5. The molecule has 3 fully saturated rings. The number of morpholine rings is 1. The molecule has 5 rings (SSSR count). The maximum absolute atomic E-state index is 14.3. The van der Waals surface area contributed by atoms with Gasteiger partial charge in [0.15, 0.2) is 9.84 Å². The van der Waals surface area contributed by atoms with Crippen LogP contribution in [0.4, 0.5) is 9.18 Å². The van der Waals surface area contributed by atoms with E-state index >= 15 is 0 Å². The number of nitrogens with zero attached hydrogens (tertiary/aromatic N) is 3. The average molecular weight is 510 g/mol. The average Bonchev–Trinajstić information content (AvgIpc) is 3.29. The van der Waals surface area contributed by atoms with Crippen molar-refractivity contribution in [3.05, 3.63) is 29.9 Å².